The van der Waals surface area contributed by atoms with Crippen molar-refractivity contribution in [3.05, 3.63) is 72.2 Å². The van der Waals surface area contributed by atoms with Crippen LogP contribution < -0.4 is 5.32 Å². The van der Waals surface area contributed by atoms with E-state index in [0.29, 0.717) is 5.56 Å². The molecule has 0 radical (unpaired) electrons. The largest absolute Gasteiger partial charge is 0.345 e. The molecule has 26 heavy (non-hydrogen) atoms. The number of hydrogen-bond donors (Lipinski definition) is 1. The van der Waals surface area contributed by atoms with Gasteiger partial charge in [-0.15, -0.1) is 0 Å². The van der Waals surface area contributed by atoms with Crippen LogP contribution in [0.3, 0.4) is 0 Å². The topological polar surface area (TPSA) is 58.1 Å². The number of amides is 1. The molecule has 3 aromatic rings. The van der Waals surface area contributed by atoms with Gasteiger partial charge >= 0.3 is 0 Å². The lowest BCUT2D eigenvalue weighted by atomic mass is 9.99. The van der Waals surface area contributed by atoms with Crippen molar-refractivity contribution in [3.8, 4) is 11.1 Å². The summed E-state index contributed by atoms with van der Waals surface area (Å²) in [6.45, 7) is 2.12. The lowest BCUT2D eigenvalue weighted by Crippen LogP contribution is -2.21. The zero-order chi connectivity index (χ0) is 18.5. The van der Waals surface area contributed by atoms with Crippen LogP contribution >= 0.6 is 0 Å². The lowest BCUT2D eigenvalue weighted by molar-refractivity contribution is 0.0827. The number of aryl methyl sites for hydroxylation is 1. The van der Waals surface area contributed by atoms with E-state index in [4.69, 9.17) is 0 Å². The number of anilines is 2. The van der Waals surface area contributed by atoms with Crippen molar-refractivity contribution in [1.29, 1.82) is 0 Å². The van der Waals surface area contributed by atoms with Crippen molar-refractivity contribution >= 4 is 17.4 Å². The van der Waals surface area contributed by atoms with E-state index in [-0.39, 0.29) is 5.91 Å². The second-order valence-corrected chi connectivity index (χ2v) is 6.22. The van der Waals surface area contributed by atoms with Crippen LogP contribution in [-0.4, -0.2) is 34.9 Å². The normalized spacial score (nSPS) is 10.4. The minimum Gasteiger partial charge on any atom is -0.345 e. The van der Waals surface area contributed by atoms with Crippen LogP contribution in [0.5, 0.6) is 0 Å². The molecule has 2 aromatic heterocycles. The monoisotopic (exact) mass is 346 g/mol. The van der Waals surface area contributed by atoms with Crippen molar-refractivity contribution in [3.63, 3.8) is 0 Å². The van der Waals surface area contributed by atoms with Gasteiger partial charge in [0.25, 0.3) is 5.91 Å². The summed E-state index contributed by atoms with van der Waals surface area (Å²) in [5.74, 6) is 0.791. The van der Waals surface area contributed by atoms with Gasteiger partial charge in [0.1, 0.15) is 5.82 Å². The van der Waals surface area contributed by atoms with E-state index in [1.165, 1.54) is 5.56 Å². The number of nitrogens with one attached hydrogen (secondary N) is 1. The molecule has 0 spiro atoms. The lowest BCUT2D eigenvalue weighted by Gasteiger charge is -2.13. The van der Waals surface area contributed by atoms with Gasteiger partial charge in [0.2, 0.25) is 0 Å². The summed E-state index contributed by atoms with van der Waals surface area (Å²) < 4.78 is 0. The molecule has 0 atom stereocenters. The Bertz CT molecular complexity index is 890. The Morgan fingerprint density at radius 2 is 1.88 bits per heavy atom. The number of rotatable bonds is 5. The SMILES string of the molecule is CCc1cc(Nc2cccnc2)ncc1-c1ccc(C(=O)N(C)C)cc1. The number of aromatic nitrogens is 2. The molecule has 0 aliphatic rings. The third-order valence-electron chi connectivity index (χ3n) is 4.15. The molecule has 1 amide bonds. The van der Waals surface area contributed by atoms with Crippen molar-refractivity contribution in [1.82, 2.24) is 14.9 Å². The molecule has 0 unspecified atom stereocenters. The number of benzene rings is 1. The fourth-order valence-corrected chi connectivity index (χ4v) is 2.75. The fraction of sp³-hybridized carbons (Fsp3) is 0.190. The van der Waals surface area contributed by atoms with Crippen molar-refractivity contribution in [2.45, 2.75) is 13.3 Å². The van der Waals surface area contributed by atoms with E-state index < -0.39 is 0 Å². The number of pyridine rings is 2. The minimum atomic E-state index is 0.00130. The van der Waals surface area contributed by atoms with Crippen LogP contribution in [0, 0.1) is 0 Å². The highest BCUT2D eigenvalue weighted by Crippen LogP contribution is 2.27. The molecular formula is C21H22N4O. The Kier molecular flexibility index (Phi) is 5.27. The van der Waals surface area contributed by atoms with Gasteiger partial charge in [0, 0.05) is 37.6 Å². The number of carbonyl (C=O) groups excluding carboxylic acids is 1. The van der Waals surface area contributed by atoms with Gasteiger partial charge in [0.15, 0.2) is 0 Å². The predicted octanol–water partition coefficient (Wildman–Crippen LogP) is 4.15. The Morgan fingerprint density at radius 1 is 1.12 bits per heavy atom. The molecule has 1 aromatic carbocycles. The highest BCUT2D eigenvalue weighted by molar-refractivity contribution is 5.94. The summed E-state index contributed by atoms with van der Waals surface area (Å²) >= 11 is 0. The minimum absolute atomic E-state index is 0.00130. The fourth-order valence-electron chi connectivity index (χ4n) is 2.75. The summed E-state index contributed by atoms with van der Waals surface area (Å²) in [5.41, 5.74) is 4.91. The molecule has 0 bridgehead atoms. The molecule has 0 fully saturated rings. The Labute approximate surface area is 153 Å². The van der Waals surface area contributed by atoms with Crippen molar-refractivity contribution in [2.75, 3.05) is 19.4 Å². The molecule has 132 valence electrons. The smallest absolute Gasteiger partial charge is 0.253 e. The van der Waals surface area contributed by atoms with Crippen LogP contribution in [0.4, 0.5) is 11.5 Å². The Balaban J connectivity index is 1.87. The number of nitrogens with zero attached hydrogens (tertiary/aromatic N) is 3. The number of carbonyl (C=O) groups is 1. The quantitative estimate of drug-likeness (QED) is 0.754. The van der Waals surface area contributed by atoms with Gasteiger partial charge < -0.3 is 10.2 Å². The van der Waals surface area contributed by atoms with Gasteiger partial charge in [-0.1, -0.05) is 19.1 Å². The van der Waals surface area contributed by atoms with E-state index in [2.05, 4.69) is 28.3 Å². The summed E-state index contributed by atoms with van der Waals surface area (Å²) in [7, 11) is 3.51. The van der Waals surface area contributed by atoms with E-state index in [9.17, 15) is 4.79 Å². The summed E-state index contributed by atoms with van der Waals surface area (Å²) in [6, 6.07) is 13.6. The van der Waals surface area contributed by atoms with Gasteiger partial charge in [-0.25, -0.2) is 4.98 Å². The average molecular weight is 346 g/mol. The third kappa shape index (κ3) is 3.88. The second kappa shape index (κ2) is 7.78. The van der Waals surface area contributed by atoms with Crippen molar-refractivity contribution < 1.29 is 4.79 Å². The number of hydrogen-bond acceptors (Lipinski definition) is 4. The van der Waals surface area contributed by atoms with Gasteiger partial charge in [-0.2, -0.15) is 0 Å². The summed E-state index contributed by atoms with van der Waals surface area (Å²) in [5, 5.41) is 3.27. The maximum Gasteiger partial charge on any atom is 0.253 e. The molecule has 5 heteroatoms. The van der Waals surface area contributed by atoms with Crippen LogP contribution in [0.1, 0.15) is 22.8 Å². The van der Waals surface area contributed by atoms with Crippen LogP contribution in [-0.2, 0) is 6.42 Å². The highest BCUT2D eigenvalue weighted by atomic mass is 16.2. The molecular weight excluding hydrogens is 324 g/mol. The standard InChI is InChI=1S/C21H22N4O/c1-4-15-12-20(24-18-6-5-11-22-13-18)23-14-19(15)16-7-9-17(10-8-16)21(26)25(2)3/h5-14H,4H2,1-3H3,(H,23,24). The average Bonchev–Trinajstić information content (AvgIpc) is 2.68. The van der Waals surface area contributed by atoms with E-state index >= 15 is 0 Å². The first-order valence-corrected chi connectivity index (χ1v) is 8.56. The predicted molar refractivity (Wildman–Crippen MR) is 105 cm³/mol. The van der Waals surface area contributed by atoms with Gasteiger partial charge in [-0.05, 0) is 47.9 Å². The molecule has 0 saturated heterocycles. The zero-order valence-corrected chi connectivity index (χ0v) is 15.2. The van der Waals surface area contributed by atoms with Crippen LogP contribution in [0.2, 0.25) is 0 Å². The maximum atomic E-state index is 12.0. The Hall–Kier alpha value is -3.21. The molecule has 0 aliphatic carbocycles. The van der Waals surface area contributed by atoms with Crippen molar-refractivity contribution in [2.24, 2.45) is 0 Å². The van der Waals surface area contributed by atoms with Crippen LogP contribution in [0.25, 0.3) is 11.1 Å². The molecule has 0 saturated carbocycles. The molecule has 0 aliphatic heterocycles. The molecule has 3 rings (SSSR count). The first-order valence-electron chi connectivity index (χ1n) is 8.56. The van der Waals surface area contributed by atoms with Crippen LogP contribution in [0.15, 0.2) is 61.1 Å². The highest BCUT2D eigenvalue weighted by Gasteiger charge is 2.10. The molecule has 5 nitrogen and oxygen atoms in total. The molecule has 1 N–H and O–H groups in total. The third-order valence-corrected chi connectivity index (χ3v) is 4.15. The molecule has 2 heterocycles. The summed E-state index contributed by atoms with van der Waals surface area (Å²) in [6.07, 6.45) is 6.27. The zero-order valence-electron chi connectivity index (χ0n) is 15.2. The van der Waals surface area contributed by atoms with E-state index in [0.717, 1.165) is 29.1 Å². The maximum absolute atomic E-state index is 12.0. The first kappa shape index (κ1) is 17.6. The summed E-state index contributed by atoms with van der Waals surface area (Å²) in [4.78, 5) is 22.2. The van der Waals surface area contributed by atoms with Gasteiger partial charge in [0.05, 0.1) is 11.9 Å². The van der Waals surface area contributed by atoms with Gasteiger partial charge in [-0.3, -0.25) is 9.78 Å². The first-order chi connectivity index (χ1) is 12.6. The van der Waals surface area contributed by atoms with E-state index in [1.807, 2.05) is 42.6 Å². The second-order valence-electron chi connectivity index (χ2n) is 6.22. The van der Waals surface area contributed by atoms with E-state index in [1.54, 1.807) is 31.4 Å². The Morgan fingerprint density at radius 3 is 2.50 bits per heavy atom.